The van der Waals surface area contributed by atoms with Gasteiger partial charge in [0.2, 0.25) is 15.9 Å². The van der Waals surface area contributed by atoms with E-state index < -0.39 is 10.0 Å². The van der Waals surface area contributed by atoms with Gasteiger partial charge in [-0.1, -0.05) is 19.3 Å². The lowest BCUT2D eigenvalue weighted by atomic mass is 9.95. The molecule has 0 spiro atoms. The van der Waals surface area contributed by atoms with Gasteiger partial charge < -0.3 is 10.2 Å². The van der Waals surface area contributed by atoms with Crippen molar-refractivity contribution in [2.75, 3.05) is 30.4 Å². The number of halogens is 1. The molecule has 0 unspecified atom stereocenters. The molecule has 1 aliphatic heterocycles. The number of carbonyl (C=O) groups excluding carboxylic acids is 1. The van der Waals surface area contributed by atoms with Crippen LogP contribution in [0.1, 0.15) is 37.8 Å². The van der Waals surface area contributed by atoms with Crippen LogP contribution in [0.15, 0.2) is 34.7 Å². The molecule has 7 nitrogen and oxygen atoms in total. The molecule has 0 bridgehead atoms. The highest BCUT2D eigenvalue weighted by Crippen LogP contribution is 2.32. The van der Waals surface area contributed by atoms with Gasteiger partial charge in [-0.2, -0.15) is 4.31 Å². The fourth-order valence-electron chi connectivity index (χ4n) is 4.09. The topological polar surface area (TPSA) is 82.6 Å². The second kappa shape index (κ2) is 10.5. The van der Waals surface area contributed by atoms with Gasteiger partial charge in [-0.15, -0.1) is 23.1 Å². The number of hydrogen-bond acceptors (Lipinski definition) is 7. The Labute approximate surface area is 202 Å². The van der Waals surface area contributed by atoms with Crippen LogP contribution in [0.2, 0.25) is 0 Å². The molecule has 11 heteroatoms. The first-order valence-corrected chi connectivity index (χ1v) is 14.6. The highest BCUT2D eigenvalue weighted by Gasteiger charge is 2.33. The van der Waals surface area contributed by atoms with Gasteiger partial charge in [0.25, 0.3) is 0 Å². The van der Waals surface area contributed by atoms with Crippen molar-refractivity contribution in [1.29, 1.82) is 0 Å². The van der Waals surface area contributed by atoms with Crippen molar-refractivity contribution in [2.45, 2.75) is 38.1 Å². The standard InChI is InChI=1S/C22H27FN4O3S3/c1-33(29,30)27(19-5-3-2-4-6-19)14-20(28)26-11-12-31-21(26)13-18-15-32-22(25-18)24-17-9-7-16(23)8-10-17/h7-10,13,15,19H,2-6,11-12,14H2,1H3,(H,24,25)/b21-13+. The summed E-state index contributed by atoms with van der Waals surface area (Å²) in [4.78, 5) is 19.3. The van der Waals surface area contributed by atoms with E-state index in [-0.39, 0.29) is 24.3 Å². The number of benzene rings is 1. The molecule has 0 radical (unpaired) electrons. The zero-order chi connectivity index (χ0) is 23.4. The maximum atomic E-state index is 13.1. The lowest BCUT2D eigenvalue weighted by molar-refractivity contribution is -0.129. The summed E-state index contributed by atoms with van der Waals surface area (Å²) in [5.41, 5.74) is 1.44. The molecule has 178 valence electrons. The summed E-state index contributed by atoms with van der Waals surface area (Å²) in [6.45, 7) is 0.415. The summed E-state index contributed by atoms with van der Waals surface area (Å²) >= 11 is 2.97. The number of nitrogens with zero attached hydrogens (tertiary/aromatic N) is 3. The van der Waals surface area contributed by atoms with Crippen molar-refractivity contribution in [1.82, 2.24) is 14.2 Å². The zero-order valence-electron chi connectivity index (χ0n) is 18.4. The molecule has 1 aromatic carbocycles. The predicted molar refractivity (Wildman–Crippen MR) is 132 cm³/mol. The van der Waals surface area contributed by atoms with Gasteiger partial charge in [-0.3, -0.25) is 4.79 Å². The van der Waals surface area contributed by atoms with E-state index >= 15 is 0 Å². The van der Waals surface area contributed by atoms with Crippen LogP contribution in [-0.4, -0.2) is 59.7 Å². The van der Waals surface area contributed by atoms with E-state index in [9.17, 15) is 17.6 Å². The van der Waals surface area contributed by atoms with Gasteiger partial charge >= 0.3 is 0 Å². The summed E-state index contributed by atoms with van der Waals surface area (Å²) < 4.78 is 39.3. The smallest absolute Gasteiger partial charge is 0.242 e. The van der Waals surface area contributed by atoms with E-state index in [1.165, 1.54) is 34.0 Å². The molecule has 1 saturated heterocycles. The molecule has 2 aliphatic rings. The monoisotopic (exact) mass is 510 g/mol. The van der Waals surface area contributed by atoms with Crippen molar-refractivity contribution >= 4 is 55.9 Å². The number of nitrogens with one attached hydrogen (secondary N) is 1. The molecule has 33 heavy (non-hydrogen) atoms. The average Bonchev–Trinajstić information content (AvgIpc) is 3.43. The minimum absolute atomic E-state index is 0.0981. The summed E-state index contributed by atoms with van der Waals surface area (Å²) in [5, 5.41) is 6.46. The fourth-order valence-corrected chi connectivity index (χ4v) is 6.92. The molecule has 1 N–H and O–H groups in total. The Bertz CT molecular complexity index is 1110. The molecule has 1 amide bonds. The zero-order valence-corrected chi connectivity index (χ0v) is 20.8. The Balaban J connectivity index is 1.45. The second-order valence-electron chi connectivity index (χ2n) is 8.19. The summed E-state index contributed by atoms with van der Waals surface area (Å²) in [6.07, 6.45) is 7.76. The second-order valence-corrected chi connectivity index (χ2v) is 12.1. The van der Waals surface area contributed by atoms with Crippen molar-refractivity contribution in [3.63, 3.8) is 0 Å². The number of carbonyl (C=O) groups is 1. The lowest BCUT2D eigenvalue weighted by Gasteiger charge is -2.33. The molecule has 1 aromatic heterocycles. The summed E-state index contributed by atoms with van der Waals surface area (Å²) in [6, 6.07) is 5.94. The first kappa shape index (κ1) is 24.2. The number of thiazole rings is 1. The minimum atomic E-state index is -3.48. The van der Waals surface area contributed by atoms with Crippen LogP contribution in [0.4, 0.5) is 15.2 Å². The summed E-state index contributed by atoms with van der Waals surface area (Å²) in [7, 11) is -3.48. The molecular formula is C22H27FN4O3S3. The van der Waals surface area contributed by atoms with Gasteiger partial charge in [-0.05, 0) is 43.2 Å². The van der Waals surface area contributed by atoms with Gasteiger partial charge in [0.15, 0.2) is 5.13 Å². The SMILES string of the molecule is CS(=O)(=O)N(CC(=O)N1CCS/C1=C/c1csc(Nc2ccc(F)cc2)n1)C1CCCCC1. The van der Waals surface area contributed by atoms with Crippen LogP contribution < -0.4 is 5.32 Å². The van der Waals surface area contributed by atoms with E-state index in [2.05, 4.69) is 10.3 Å². The van der Waals surface area contributed by atoms with E-state index in [1.807, 2.05) is 11.5 Å². The quantitative estimate of drug-likeness (QED) is 0.591. The van der Waals surface area contributed by atoms with Gasteiger partial charge in [-0.25, -0.2) is 17.8 Å². The van der Waals surface area contributed by atoms with Crippen LogP contribution in [0.5, 0.6) is 0 Å². The highest BCUT2D eigenvalue weighted by molar-refractivity contribution is 8.03. The average molecular weight is 511 g/mol. The lowest BCUT2D eigenvalue weighted by Crippen LogP contribution is -2.47. The van der Waals surface area contributed by atoms with E-state index in [0.29, 0.717) is 17.4 Å². The van der Waals surface area contributed by atoms with Gasteiger partial charge in [0.1, 0.15) is 5.82 Å². The number of anilines is 2. The van der Waals surface area contributed by atoms with Crippen LogP contribution in [-0.2, 0) is 14.8 Å². The Morgan fingerprint density at radius 3 is 2.70 bits per heavy atom. The molecule has 0 atom stereocenters. The molecule has 2 aromatic rings. The number of thioether (sulfide) groups is 1. The van der Waals surface area contributed by atoms with Crippen molar-refractivity contribution < 1.29 is 17.6 Å². The third-order valence-electron chi connectivity index (χ3n) is 5.72. The maximum absolute atomic E-state index is 13.1. The van der Waals surface area contributed by atoms with Crippen LogP contribution >= 0.6 is 23.1 Å². The largest absolute Gasteiger partial charge is 0.332 e. The Hall–Kier alpha value is -1.95. The Kier molecular flexibility index (Phi) is 7.72. The van der Waals surface area contributed by atoms with Crippen LogP contribution in [0.25, 0.3) is 6.08 Å². The van der Waals surface area contributed by atoms with E-state index in [4.69, 9.17) is 0 Å². The highest BCUT2D eigenvalue weighted by atomic mass is 32.2. The number of aromatic nitrogens is 1. The molecular weight excluding hydrogens is 483 g/mol. The van der Waals surface area contributed by atoms with Crippen LogP contribution in [0, 0.1) is 5.82 Å². The van der Waals surface area contributed by atoms with Crippen molar-refractivity contribution in [3.05, 3.63) is 46.2 Å². The number of sulfonamides is 1. The number of rotatable bonds is 7. The Morgan fingerprint density at radius 2 is 2.00 bits per heavy atom. The van der Waals surface area contributed by atoms with Crippen LogP contribution in [0.3, 0.4) is 0 Å². The first-order valence-electron chi connectivity index (χ1n) is 10.9. The fraction of sp³-hybridized carbons (Fsp3) is 0.455. The van der Waals surface area contributed by atoms with E-state index in [0.717, 1.165) is 48.6 Å². The number of amides is 1. The molecule has 1 saturated carbocycles. The minimum Gasteiger partial charge on any atom is -0.332 e. The maximum Gasteiger partial charge on any atom is 0.242 e. The van der Waals surface area contributed by atoms with Crippen molar-refractivity contribution in [3.8, 4) is 0 Å². The third-order valence-corrected chi connectivity index (χ3v) is 8.80. The summed E-state index contributed by atoms with van der Waals surface area (Å²) in [5.74, 6) is 0.248. The molecule has 4 rings (SSSR count). The molecule has 1 aliphatic carbocycles. The third kappa shape index (κ3) is 6.34. The number of hydrogen-bond donors (Lipinski definition) is 1. The molecule has 2 heterocycles. The first-order chi connectivity index (χ1) is 15.8. The Morgan fingerprint density at radius 1 is 1.27 bits per heavy atom. The van der Waals surface area contributed by atoms with Gasteiger partial charge in [0.05, 0.1) is 23.5 Å². The van der Waals surface area contributed by atoms with Gasteiger partial charge in [0, 0.05) is 29.4 Å². The van der Waals surface area contributed by atoms with E-state index in [1.54, 1.807) is 28.8 Å². The molecule has 2 fully saturated rings. The predicted octanol–water partition coefficient (Wildman–Crippen LogP) is 4.49. The normalized spacial score (nSPS) is 18.9. The van der Waals surface area contributed by atoms with Crippen molar-refractivity contribution in [2.24, 2.45) is 0 Å².